The van der Waals surface area contributed by atoms with Gasteiger partial charge in [0.15, 0.2) is 0 Å². The van der Waals surface area contributed by atoms with Gasteiger partial charge in [-0.3, -0.25) is 4.72 Å². The molecule has 3 aromatic carbocycles. The zero-order chi connectivity index (χ0) is 24.5. The fourth-order valence-corrected chi connectivity index (χ4v) is 5.80. The van der Waals surface area contributed by atoms with E-state index in [9.17, 15) is 16.8 Å². The predicted molar refractivity (Wildman–Crippen MR) is 135 cm³/mol. The SMILES string of the molecule is CCS(=O)(=O)Nc1ccc(C2=NN(S(=O)(=O)c3ccc(C)cc3)C(c3ccc(C)cc3)C2)cc1. The van der Waals surface area contributed by atoms with Gasteiger partial charge in [0.05, 0.1) is 22.4 Å². The predicted octanol–water partition coefficient (Wildman–Crippen LogP) is 4.61. The molecule has 1 aliphatic heterocycles. The van der Waals surface area contributed by atoms with Gasteiger partial charge in [-0.05, 0) is 56.2 Å². The molecule has 0 radical (unpaired) electrons. The van der Waals surface area contributed by atoms with E-state index in [1.807, 2.05) is 38.1 Å². The van der Waals surface area contributed by atoms with Crippen LogP contribution in [0.15, 0.2) is 82.8 Å². The fraction of sp³-hybridized carbons (Fsp3) is 0.240. The molecular weight excluding hydrogens is 470 g/mol. The molecule has 0 amide bonds. The number of anilines is 1. The molecule has 178 valence electrons. The molecule has 0 spiro atoms. The van der Waals surface area contributed by atoms with Gasteiger partial charge >= 0.3 is 0 Å². The van der Waals surface area contributed by atoms with Crippen LogP contribution in [-0.4, -0.2) is 32.7 Å². The lowest BCUT2D eigenvalue weighted by Crippen LogP contribution is -2.27. The summed E-state index contributed by atoms with van der Waals surface area (Å²) in [5.41, 5.74) is 4.71. The first-order valence-corrected chi connectivity index (χ1v) is 14.0. The summed E-state index contributed by atoms with van der Waals surface area (Å²) >= 11 is 0. The highest BCUT2D eigenvalue weighted by Crippen LogP contribution is 2.37. The van der Waals surface area contributed by atoms with Crippen molar-refractivity contribution in [3.05, 3.63) is 95.1 Å². The van der Waals surface area contributed by atoms with Gasteiger partial charge in [0.1, 0.15) is 0 Å². The topological polar surface area (TPSA) is 95.9 Å². The smallest absolute Gasteiger partial charge is 0.279 e. The molecule has 1 heterocycles. The number of hydrazone groups is 1. The van der Waals surface area contributed by atoms with E-state index < -0.39 is 26.1 Å². The summed E-state index contributed by atoms with van der Waals surface area (Å²) < 4.78 is 54.5. The highest BCUT2D eigenvalue weighted by atomic mass is 32.2. The molecule has 3 aromatic rings. The van der Waals surface area contributed by atoms with E-state index >= 15 is 0 Å². The number of rotatable bonds is 7. The first-order valence-electron chi connectivity index (χ1n) is 10.9. The second-order valence-corrected chi connectivity index (χ2v) is 12.2. The van der Waals surface area contributed by atoms with E-state index in [0.29, 0.717) is 17.8 Å². The quantitative estimate of drug-likeness (QED) is 0.516. The molecule has 9 heteroatoms. The Balaban J connectivity index is 1.71. The van der Waals surface area contributed by atoms with Gasteiger partial charge in [-0.1, -0.05) is 59.7 Å². The average molecular weight is 498 g/mol. The van der Waals surface area contributed by atoms with Crippen LogP contribution < -0.4 is 4.72 Å². The first-order chi connectivity index (χ1) is 16.1. The number of aryl methyl sites for hydroxylation is 2. The Kier molecular flexibility index (Phi) is 6.51. The number of nitrogens with one attached hydrogen (secondary N) is 1. The Morgan fingerprint density at radius 2 is 1.41 bits per heavy atom. The van der Waals surface area contributed by atoms with Crippen LogP contribution in [0.3, 0.4) is 0 Å². The average Bonchev–Trinajstić information content (AvgIpc) is 3.26. The van der Waals surface area contributed by atoms with Crippen molar-refractivity contribution >= 4 is 31.4 Å². The van der Waals surface area contributed by atoms with Crippen LogP contribution in [0.5, 0.6) is 0 Å². The van der Waals surface area contributed by atoms with Crippen LogP contribution in [0, 0.1) is 13.8 Å². The molecule has 0 aromatic heterocycles. The summed E-state index contributed by atoms with van der Waals surface area (Å²) in [5, 5.41) is 4.55. The first kappa shape index (κ1) is 24.0. The molecule has 34 heavy (non-hydrogen) atoms. The molecule has 0 bridgehead atoms. The Labute approximate surface area is 201 Å². The molecule has 1 aliphatic rings. The van der Waals surface area contributed by atoms with Crippen LogP contribution in [0.1, 0.15) is 41.6 Å². The fourth-order valence-electron chi connectivity index (χ4n) is 3.72. The maximum atomic E-state index is 13.6. The normalized spacial score (nSPS) is 16.4. The number of nitrogens with zero attached hydrogens (tertiary/aromatic N) is 2. The number of hydrogen-bond donors (Lipinski definition) is 1. The number of hydrogen-bond acceptors (Lipinski definition) is 5. The van der Waals surface area contributed by atoms with Gasteiger partial charge in [0.25, 0.3) is 10.0 Å². The lowest BCUT2D eigenvalue weighted by atomic mass is 9.98. The maximum absolute atomic E-state index is 13.6. The Bertz CT molecular complexity index is 1410. The van der Waals surface area contributed by atoms with E-state index in [0.717, 1.165) is 22.3 Å². The van der Waals surface area contributed by atoms with Crippen molar-refractivity contribution in [3.63, 3.8) is 0 Å². The highest BCUT2D eigenvalue weighted by Gasteiger charge is 2.37. The van der Waals surface area contributed by atoms with Gasteiger partial charge in [-0.15, -0.1) is 0 Å². The van der Waals surface area contributed by atoms with Crippen LogP contribution in [0.25, 0.3) is 0 Å². The van der Waals surface area contributed by atoms with Gasteiger partial charge in [-0.2, -0.15) is 17.9 Å². The lowest BCUT2D eigenvalue weighted by molar-refractivity contribution is 0.371. The summed E-state index contributed by atoms with van der Waals surface area (Å²) in [7, 11) is -7.27. The molecule has 1 N–H and O–H groups in total. The highest BCUT2D eigenvalue weighted by molar-refractivity contribution is 7.92. The third-order valence-corrected chi connectivity index (χ3v) is 8.77. The van der Waals surface area contributed by atoms with Crippen LogP contribution >= 0.6 is 0 Å². The van der Waals surface area contributed by atoms with Crippen LogP contribution in [-0.2, 0) is 20.0 Å². The van der Waals surface area contributed by atoms with Gasteiger partial charge < -0.3 is 0 Å². The van der Waals surface area contributed by atoms with Gasteiger partial charge in [0.2, 0.25) is 10.0 Å². The molecule has 1 atom stereocenters. The van der Waals surface area contributed by atoms with Crippen molar-refractivity contribution in [2.45, 2.75) is 38.1 Å². The molecule has 0 fully saturated rings. The maximum Gasteiger partial charge on any atom is 0.279 e. The van der Waals surface area contributed by atoms with Crippen molar-refractivity contribution < 1.29 is 16.8 Å². The van der Waals surface area contributed by atoms with Crippen LogP contribution in [0.2, 0.25) is 0 Å². The van der Waals surface area contributed by atoms with E-state index in [-0.39, 0.29) is 10.6 Å². The summed E-state index contributed by atoms with van der Waals surface area (Å²) in [5.74, 6) is -0.0223. The van der Waals surface area contributed by atoms with Crippen molar-refractivity contribution in [2.24, 2.45) is 5.10 Å². The molecule has 0 saturated carbocycles. The third-order valence-electron chi connectivity index (χ3n) is 5.77. The van der Waals surface area contributed by atoms with E-state index in [2.05, 4.69) is 9.82 Å². The Hall–Kier alpha value is -3.17. The van der Waals surface area contributed by atoms with Gasteiger partial charge in [0, 0.05) is 12.1 Å². The molecule has 4 rings (SSSR count). The lowest BCUT2D eigenvalue weighted by Gasteiger charge is -2.23. The standard InChI is InChI=1S/C25H27N3O4S2/c1-4-33(29,30)27-22-13-11-20(12-14-22)24-17-25(21-9-5-18(2)6-10-21)28(26-24)34(31,32)23-15-7-19(3)8-16-23/h5-16,25,27H,4,17H2,1-3H3. The van der Waals surface area contributed by atoms with Crippen molar-refractivity contribution in [2.75, 3.05) is 10.5 Å². The van der Waals surface area contributed by atoms with Crippen molar-refractivity contribution in [1.29, 1.82) is 0 Å². The van der Waals surface area contributed by atoms with E-state index in [4.69, 9.17) is 0 Å². The monoisotopic (exact) mass is 497 g/mol. The summed E-state index contributed by atoms with van der Waals surface area (Å²) in [6.45, 7) is 5.45. The van der Waals surface area contributed by atoms with Crippen molar-refractivity contribution in [1.82, 2.24) is 4.41 Å². The molecule has 7 nitrogen and oxygen atoms in total. The molecule has 0 aliphatic carbocycles. The minimum absolute atomic E-state index is 0.0223. The van der Waals surface area contributed by atoms with E-state index in [1.165, 1.54) is 4.41 Å². The second-order valence-electron chi connectivity index (χ2n) is 8.35. The zero-order valence-electron chi connectivity index (χ0n) is 19.3. The molecule has 0 saturated heterocycles. The zero-order valence-corrected chi connectivity index (χ0v) is 20.9. The van der Waals surface area contributed by atoms with Crippen LogP contribution in [0.4, 0.5) is 5.69 Å². The second kappa shape index (κ2) is 9.23. The Morgan fingerprint density at radius 3 is 1.97 bits per heavy atom. The van der Waals surface area contributed by atoms with E-state index in [1.54, 1.807) is 55.5 Å². The minimum Gasteiger partial charge on any atom is -0.284 e. The summed E-state index contributed by atoms with van der Waals surface area (Å²) in [4.78, 5) is 0.185. The number of sulfonamides is 2. The third kappa shape index (κ3) is 5.00. The Morgan fingerprint density at radius 1 is 0.853 bits per heavy atom. The number of benzene rings is 3. The summed E-state index contributed by atoms with van der Waals surface area (Å²) in [6, 6.07) is 20.8. The molecular formula is C25H27N3O4S2. The molecule has 1 unspecified atom stereocenters. The van der Waals surface area contributed by atoms with Crippen molar-refractivity contribution in [3.8, 4) is 0 Å². The largest absolute Gasteiger partial charge is 0.284 e. The minimum atomic E-state index is -3.89. The summed E-state index contributed by atoms with van der Waals surface area (Å²) in [6.07, 6.45) is 0.397. The van der Waals surface area contributed by atoms with Gasteiger partial charge in [-0.25, -0.2) is 8.42 Å².